The van der Waals surface area contributed by atoms with E-state index in [2.05, 4.69) is 27.7 Å². The Kier molecular flexibility index (Phi) is 17.9. The summed E-state index contributed by atoms with van der Waals surface area (Å²) in [5.41, 5.74) is 0. The molecule has 0 rings (SSSR count). The minimum Gasteiger partial charge on any atom is -0.324 e. The summed E-state index contributed by atoms with van der Waals surface area (Å²) in [5.74, 6) is 0. The Bertz CT molecular complexity index is 235. The van der Waals surface area contributed by atoms with Crippen molar-refractivity contribution < 1.29 is 17.5 Å². The summed E-state index contributed by atoms with van der Waals surface area (Å²) in [7, 11) is -3.12. The molecule has 0 spiro atoms. The zero-order chi connectivity index (χ0) is 16.6. The molecule has 4 nitrogen and oxygen atoms in total. The first-order valence-corrected chi connectivity index (χ1v) is 9.79. The molecular weight excluding hydrogens is 286 g/mol. The largest absolute Gasteiger partial charge is 0.324 e. The average molecular weight is 325 g/mol. The van der Waals surface area contributed by atoms with E-state index in [4.69, 9.17) is 13.0 Å². The molecule has 21 heavy (non-hydrogen) atoms. The molecule has 0 aromatic heterocycles. The molecule has 0 amide bonds. The summed E-state index contributed by atoms with van der Waals surface area (Å²) in [6.07, 6.45) is 11.1. The number of quaternary nitrogens is 1. The molecule has 0 bridgehead atoms. The van der Waals surface area contributed by atoms with Crippen LogP contribution in [-0.2, 0) is 11.0 Å². The number of nitrogens with zero attached hydrogens (tertiary/aromatic N) is 1. The van der Waals surface area contributed by atoms with Crippen LogP contribution in [0.3, 0.4) is 0 Å². The lowest BCUT2D eigenvalue weighted by molar-refractivity contribution is -0.929. The number of hydrogen-bond acceptors (Lipinski definition) is 2. The van der Waals surface area contributed by atoms with Crippen molar-refractivity contribution in [2.45, 2.75) is 79.1 Å². The Morgan fingerprint density at radius 1 is 0.667 bits per heavy atom. The van der Waals surface area contributed by atoms with Crippen molar-refractivity contribution in [3.05, 3.63) is 0 Å². The molecule has 1 N–H and O–H groups in total. The number of hydrogen-bond donors (Lipinski definition) is 2. The molecule has 0 aliphatic heterocycles. The van der Waals surface area contributed by atoms with Crippen LogP contribution >= 0.6 is 0 Å². The topological polar surface area (TPSA) is 54.4 Å². The molecular formula is C16H38NO3S+. The highest BCUT2D eigenvalue weighted by Gasteiger charge is 2.24. The van der Waals surface area contributed by atoms with Crippen molar-refractivity contribution in [3.8, 4) is 0 Å². The first-order valence-electron chi connectivity index (χ1n) is 8.66. The molecule has 0 unspecified atom stereocenters. The molecule has 0 aliphatic rings. The molecule has 0 heterocycles. The van der Waals surface area contributed by atoms with Crippen LogP contribution < -0.4 is 0 Å². The lowest BCUT2D eigenvalue weighted by Crippen LogP contribution is -2.50. The third kappa shape index (κ3) is 16.1. The SMILES string of the molecule is CCCC[N+](CCCC)(CCCC)CCCC.O=[SH](=O)O. The van der Waals surface area contributed by atoms with Crippen LogP contribution in [0, 0.1) is 0 Å². The van der Waals surface area contributed by atoms with E-state index < -0.39 is 11.0 Å². The molecule has 0 aliphatic carbocycles. The predicted molar refractivity (Wildman–Crippen MR) is 92.3 cm³/mol. The minimum absolute atomic E-state index is 1.35. The summed E-state index contributed by atoms with van der Waals surface area (Å²) in [6, 6.07) is 0. The van der Waals surface area contributed by atoms with Gasteiger partial charge in [-0.2, -0.15) is 0 Å². The molecule has 0 atom stereocenters. The van der Waals surface area contributed by atoms with Crippen molar-refractivity contribution in [1.29, 1.82) is 0 Å². The Balaban J connectivity index is 0. The second-order valence-corrected chi connectivity index (χ2v) is 6.36. The van der Waals surface area contributed by atoms with Crippen molar-refractivity contribution in [3.63, 3.8) is 0 Å². The monoisotopic (exact) mass is 324 g/mol. The van der Waals surface area contributed by atoms with Gasteiger partial charge in [0.15, 0.2) is 0 Å². The normalized spacial score (nSPS) is 11.3. The van der Waals surface area contributed by atoms with Crippen LogP contribution in [0.4, 0.5) is 0 Å². The lowest BCUT2D eigenvalue weighted by Gasteiger charge is -2.39. The number of rotatable bonds is 12. The Hall–Kier alpha value is -0.130. The van der Waals surface area contributed by atoms with Crippen LogP contribution in [0.1, 0.15) is 79.1 Å². The van der Waals surface area contributed by atoms with E-state index >= 15 is 0 Å². The van der Waals surface area contributed by atoms with Gasteiger partial charge in [-0.25, -0.2) is 8.42 Å². The maximum Gasteiger partial charge on any atom is 0.254 e. The lowest BCUT2D eigenvalue weighted by atomic mass is 10.1. The summed E-state index contributed by atoms with van der Waals surface area (Å²) in [5, 5.41) is 0. The van der Waals surface area contributed by atoms with Crippen molar-refractivity contribution in [2.24, 2.45) is 0 Å². The van der Waals surface area contributed by atoms with Gasteiger partial charge in [0.05, 0.1) is 26.2 Å². The van der Waals surface area contributed by atoms with Gasteiger partial charge in [-0.15, -0.1) is 0 Å². The van der Waals surface area contributed by atoms with Gasteiger partial charge in [0.2, 0.25) is 0 Å². The van der Waals surface area contributed by atoms with E-state index in [0.29, 0.717) is 0 Å². The van der Waals surface area contributed by atoms with Gasteiger partial charge in [0, 0.05) is 0 Å². The Morgan fingerprint density at radius 3 is 1.00 bits per heavy atom. The molecule has 0 saturated carbocycles. The van der Waals surface area contributed by atoms with E-state index in [1.54, 1.807) is 0 Å². The van der Waals surface area contributed by atoms with Crippen LogP contribution in [0.25, 0.3) is 0 Å². The van der Waals surface area contributed by atoms with E-state index in [0.717, 1.165) is 0 Å². The fourth-order valence-electron chi connectivity index (χ4n) is 2.64. The highest BCUT2D eigenvalue weighted by atomic mass is 32.2. The van der Waals surface area contributed by atoms with Crippen LogP contribution in [0.15, 0.2) is 0 Å². The molecule has 0 aromatic carbocycles. The van der Waals surface area contributed by atoms with Crippen LogP contribution in [0.5, 0.6) is 0 Å². The zero-order valence-electron chi connectivity index (χ0n) is 14.6. The summed E-state index contributed by atoms with van der Waals surface area (Å²) >= 11 is 0. The van der Waals surface area contributed by atoms with Crippen molar-refractivity contribution >= 4 is 11.0 Å². The first-order chi connectivity index (χ1) is 9.97. The Labute approximate surface area is 134 Å². The second kappa shape index (κ2) is 16.2. The average Bonchev–Trinajstić information content (AvgIpc) is 2.45. The van der Waals surface area contributed by atoms with Crippen LogP contribution in [-0.4, -0.2) is 43.6 Å². The maximum atomic E-state index is 8.59. The van der Waals surface area contributed by atoms with Gasteiger partial charge >= 0.3 is 0 Å². The van der Waals surface area contributed by atoms with Gasteiger partial charge in [-0.1, -0.05) is 53.4 Å². The van der Waals surface area contributed by atoms with Gasteiger partial charge < -0.3 is 4.48 Å². The fraction of sp³-hybridized carbons (Fsp3) is 1.00. The third-order valence-electron chi connectivity index (χ3n) is 3.94. The molecule has 0 radical (unpaired) electrons. The third-order valence-corrected chi connectivity index (χ3v) is 3.94. The van der Waals surface area contributed by atoms with Gasteiger partial charge in [-0.05, 0) is 25.7 Å². The van der Waals surface area contributed by atoms with Gasteiger partial charge in [0.25, 0.3) is 11.0 Å². The zero-order valence-corrected chi connectivity index (χ0v) is 15.5. The highest BCUT2D eigenvalue weighted by molar-refractivity contribution is 7.66. The van der Waals surface area contributed by atoms with Gasteiger partial charge in [-0.3, -0.25) is 4.55 Å². The summed E-state index contributed by atoms with van der Waals surface area (Å²) in [6.45, 7) is 15.0. The van der Waals surface area contributed by atoms with Crippen LogP contribution in [0.2, 0.25) is 0 Å². The Morgan fingerprint density at radius 2 is 0.857 bits per heavy atom. The predicted octanol–water partition coefficient (Wildman–Crippen LogP) is 4.07. The molecule has 130 valence electrons. The number of unbranched alkanes of at least 4 members (excludes halogenated alkanes) is 4. The smallest absolute Gasteiger partial charge is 0.254 e. The molecule has 0 aromatic rings. The summed E-state index contributed by atoms with van der Waals surface area (Å²) < 4.78 is 25.6. The first kappa shape index (κ1) is 23.1. The van der Waals surface area contributed by atoms with E-state index in [1.807, 2.05) is 0 Å². The van der Waals surface area contributed by atoms with E-state index in [-0.39, 0.29) is 0 Å². The molecule has 0 fully saturated rings. The van der Waals surface area contributed by atoms with Crippen molar-refractivity contribution in [2.75, 3.05) is 26.2 Å². The quantitative estimate of drug-likeness (QED) is 0.323. The van der Waals surface area contributed by atoms with E-state index in [1.165, 1.54) is 82.0 Å². The van der Waals surface area contributed by atoms with E-state index in [9.17, 15) is 0 Å². The molecule has 0 saturated heterocycles. The van der Waals surface area contributed by atoms with Crippen molar-refractivity contribution in [1.82, 2.24) is 0 Å². The highest BCUT2D eigenvalue weighted by Crippen LogP contribution is 2.16. The molecule has 5 heteroatoms. The fourth-order valence-corrected chi connectivity index (χ4v) is 2.64. The standard InChI is InChI=1S/C16H36N.H2O3S/c1-5-9-13-17(14-10-6-2,15-11-7-3)16-12-8-4;1-4(2)3/h5-16H2,1-4H3;4H,(H,1,2,3)/q+1;. The minimum atomic E-state index is -3.12. The maximum absolute atomic E-state index is 8.59. The second-order valence-electron chi connectivity index (χ2n) is 5.89. The van der Waals surface area contributed by atoms with Gasteiger partial charge in [0.1, 0.15) is 0 Å². The summed E-state index contributed by atoms with van der Waals surface area (Å²) in [4.78, 5) is 0. The number of thiol groups is 1.